The van der Waals surface area contributed by atoms with Crippen molar-refractivity contribution in [3.8, 4) is 28.0 Å². The number of carbonyl (C=O) groups excluding carboxylic acids is 2. The van der Waals surface area contributed by atoms with Crippen molar-refractivity contribution in [2.45, 2.75) is 18.6 Å². The summed E-state index contributed by atoms with van der Waals surface area (Å²) in [5.74, 6) is -2.26. The fourth-order valence-electron chi connectivity index (χ4n) is 4.09. The predicted molar refractivity (Wildman–Crippen MR) is 142 cm³/mol. The minimum Gasteiger partial charge on any atom is -0.507 e. The Balaban J connectivity index is 1.61. The molecule has 0 fully saturated rings. The first-order valence-corrected chi connectivity index (χ1v) is 12.3. The van der Waals surface area contributed by atoms with Gasteiger partial charge in [-0.25, -0.2) is 4.39 Å². The van der Waals surface area contributed by atoms with Gasteiger partial charge in [-0.15, -0.1) is 0 Å². The van der Waals surface area contributed by atoms with Gasteiger partial charge < -0.3 is 15.2 Å². The number of benzene rings is 4. The Morgan fingerprint density at radius 1 is 0.900 bits per heavy atom. The topological polar surface area (TPSA) is 75.6 Å². The van der Waals surface area contributed by atoms with E-state index in [9.17, 15) is 32.3 Å². The lowest BCUT2D eigenvalue weighted by atomic mass is 9.97. The minimum atomic E-state index is -4.49. The molecule has 2 N–H and O–H groups in total. The van der Waals surface area contributed by atoms with Crippen LogP contribution in [0, 0.1) is 5.82 Å². The number of esters is 1. The Kier molecular flexibility index (Phi) is 8.44. The van der Waals surface area contributed by atoms with Crippen molar-refractivity contribution >= 4 is 23.5 Å². The van der Waals surface area contributed by atoms with Gasteiger partial charge in [0.2, 0.25) is 0 Å². The quantitative estimate of drug-likeness (QED) is 0.177. The molecule has 1 unspecified atom stereocenters. The zero-order valence-electron chi connectivity index (χ0n) is 20.9. The Labute approximate surface area is 232 Å². The van der Waals surface area contributed by atoms with Crippen molar-refractivity contribution < 1.29 is 37.0 Å². The molecule has 4 aromatic rings. The highest BCUT2D eigenvalue weighted by Crippen LogP contribution is 2.33. The lowest BCUT2D eigenvalue weighted by Crippen LogP contribution is -2.30. The predicted octanol–water partition coefficient (Wildman–Crippen LogP) is 7.57. The SMILES string of the molecule is COC(=O)CC(NC(=O)c1cc(-c2ccc(F)c(Cl)c2)ccc1O)c1ccc(-c2cccc(C(F)(F)F)c2)cc1. The van der Waals surface area contributed by atoms with Crippen LogP contribution in [0.5, 0.6) is 5.75 Å². The van der Waals surface area contributed by atoms with Crippen molar-refractivity contribution in [3.63, 3.8) is 0 Å². The first-order valence-electron chi connectivity index (χ1n) is 11.9. The average Bonchev–Trinajstić information content (AvgIpc) is 2.94. The summed E-state index contributed by atoms with van der Waals surface area (Å²) in [7, 11) is 1.20. The number of methoxy groups -OCH3 is 1. The van der Waals surface area contributed by atoms with Gasteiger partial charge in [0.25, 0.3) is 5.91 Å². The molecule has 0 saturated heterocycles. The normalized spacial score (nSPS) is 12.1. The number of phenolic OH excluding ortho intramolecular Hbond substituents is 1. The van der Waals surface area contributed by atoms with E-state index in [-0.39, 0.29) is 22.8 Å². The number of phenols is 1. The van der Waals surface area contributed by atoms with Gasteiger partial charge in [-0.2, -0.15) is 13.2 Å². The first-order chi connectivity index (χ1) is 19.0. The summed E-state index contributed by atoms with van der Waals surface area (Å²) in [6.07, 6.45) is -4.74. The molecule has 1 amide bonds. The van der Waals surface area contributed by atoms with E-state index in [1.54, 1.807) is 30.3 Å². The van der Waals surface area contributed by atoms with E-state index in [1.807, 2.05) is 0 Å². The van der Waals surface area contributed by atoms with Crippen LogP contribution in [-0.4, -0.2) is 24.1 Å². The van der Waals surface area contributed by atoms with E-state index < -0.39 is 35.5 Å². The summed E-state index contributed by atoms with van der Waals surface area (Å²) < 4.78 is 57.7. The zero-order chi connectivity index (χ0) is 29.0. The fraction of sp³-hybridized carbons (Fsp3) is 0.133. The van der Waals surface area contributed by atoms with Crippen LogP contribution >= 0.6 is 11.6 Å². The molecule has 0 aliphatic rings. The number of aromatic hydroxyl groups is 1. The maximum atomic E-state index is 13.6. The number of hydrogen-bond donors (Lipinski definition) is 2. The van der Waals surface area contributed by atoms with Crippen molar-refractivity contribution in [2.75, 3.05) is 7.11 Å². The summed E-state index contributed by atoms with van der Waals surface area (Å²) in [6.45, 7) is 0. The highest BCUT2D eigenvalue weighted by atomic mass is 35.5. The molecule has 206 valence electrons. The number of amides is 1. The second kappa shape index (κ2) is 11.8. The Morgan fingerprint density at radius 2 is 1.52 bits per heavy atom. The molecule has 0 radical (unpaired) electrons. The van der Waals surface area contributed by atoms with Crippen LogP contribution in [0.2, 0.25) is 5.02 Å². The average molecular weight is 572 g/mol. The van der Waals surface area contributed by atoms with Crippen LogP contribution in [0.25, 0.3) is 22.3 Å². The standard InChI is InChI=1S/C30H22ClF4NO4/c1-40-28(38)16-26(18-7-5-17(6-8-18)19-3-2-4-22(13-19)30(33,34)35)36-29(39)23-14-20(10-12-27(23)37)21-9-11-25(32)24(31)15-21/h2-15,26,37H,16H2,1H3,(H,36,39). The monoisotopic (exact) mass is 571 g/mol. The number of halogens is 5. The Morgan fingerprint density at radius 3 is 2.17 bits per heavy atom. The Hall–Kier alpha value is -4.37. The molecule has 40 heavy (non-hydrogen) atoms. The van der Waals surface area contributed by atoms with Gasteiger partial charge >= 0.3 is 12.1 Å². The third kappa shape index (κ3) is 6.60. The van der Waals surface area contributed by atoms with Crippen LogP contribution in [-0.2, 0) is 15.7 Å². The zero-order valence-corrected chi connectivity index (χ0v) is 21.7. The van der Waals surface area contributed by atoms with Gasteiger partial charge in [-0.3, -0.25) is 9.59 Å². The third-order valence-electron chi connectivity index (χ3n) is 6.23. The number of ether oxygens (including phenoxy) is 1. The molecule has 0 aliphatic heterocycles. The molecular formula is C30H22ClF4NO4. The van der Waals surface area contributed by atoms with Crippen molar-refractivity contribution in [1.29, 1.82) is 0 Å². The van der Waals surface area contributed by atoms with Crippen molar-refractivity contribution in [3.05, 3.63) is 112 Å². The molecule has 0 spiro atoms. The van der Waals surface area contributed by atoms with Gasteiger partial charge in [-0.05, 0) is 64.2 Å². The van der Waals surface area contributed by atoms with E-state index in [2.05, 4.69) is 5.32 Å². The number of alkyl halides is 3. The van der Waals surface area contributed by atoms with Crippen LogP contribution in [0.4, 0.5) is 17.6 Å². The lowest BCUT2D eigenvalue weighted by molar-refractivity contribution is -0.141. The molecule has 0 aliphatic carbocycles. The number of carbonyl (C=O) groups is 2. The van der Waals surface area contributed by atoms with Crippen LogP contribution in [0.15, 0.2) is 84.9 Å². The smallest absolute Gasteiger partial charge is 0.416 e. The van der Waals surface area contributed by atoms with E-state index in [4.69, 9.17) is 16.3 Å². The van der Waals surface area contributed by atoms with Crippen molar-refractivity contribution in [1.82, 2.24) is 5.32 Å². The summed E-state index contributed by atoms with van der Waals surface area (Å²) >= 11 is 5.88. The highest BCUT2D eigenvalue weighted by Gasteiger charge is 2.30. The highest BCUT2D eigenvalue weighted by molar-refractivity contribution is 6.31. The van der Waals surface area contributed by atoms with Gasteiger partial charge in [-0.1, -0.05) is 60.1 Å². The molecule has 0 bridgehead atoms. The number of rotatable bonds is 7. The Bertz CT molecular complexity index is 1550. The van der Waals surface area contributed by atoms with E-state index >= 15 is 0 Å². The summed E-state index contributed by atoms with van der Waals surface area (Å²) in [6, 6.07) is 18.6. The van der Waals surface area contributed by atoms with E-state index in [1.165, 1.54) is 49.6 Å². The van der Waals surface area contributed by atoms with Gasteiger partial charge in [0.05, 0.1) is 35.7 Å². The molecule has 0 aromatic heterocycles. The maximum Gasteiger partial charge on any atom is 0.416 e. The summed E-state index contributed by atoms with van der Waals surface area (Å²) in [5, 5.41) is 13.0. The molecule has 0 heterocycles. The third-order valence-corrected chi connectivity index (χ3v) is 6.52. The van der Waals surface area contributed by atoms with Gasteiger partial charge in [0, 0.05) is 0 Å². The molecule has 4 rings (SSSR count). The second-order valence-electron chi connectivity index (χ2n) is 8.87. The van der Waals surface area contributed by atoms with Crippen LogP contribution in [0.3, 0.4) is 0 Å². The maximum absolute atomic E-state index is 13.6. The van der Waals surface area contributed by atoms with Gasteiger partial charge in [0.15, 0.2) is 0 Å². The fourth-order valence-corrected chi connectivity index (χ4v) is 4.27. The molecule has 5 nitrogen and oxygen atoms in total. The number of hydrogen-bond acceptors (Lipinski definition) is 4. The lowest BCUT2D eigenvalue weighted by Gasteiger charge is -2.19. The van der Waals surface area contributed by atoms with E-state index in [0.29, 0.717) is 27.8 Å². The molecule has 0 saturated carbocycles. The molecule has 4 aromatic carbocycles. The molecular weight excluding hydrogens is 550 g/mol. The van der Waals surface area contributed by atoms with Gasteiger partial charge in [0.1, 0.15) is 11.6 Å². The van der Waals surface area contributed by atoms with Crippen LogP contribution < -0.4 is 5.32 Å². The first kappa shape index (κ1) is 28.6. The molecule has 10 heteroatoms. The number of nitrogens with one attached hydrogen (secondary N) is 1. The summed E-state index contributed by atoms with van der Waals surface area (Å²) in [5.41, 5.74) is 1.44. The van der Waals surface area contributed by atoms with Crippen LogP contribution in [0.1, 0.15) is 33.9 Å². The minimum absolute atomic E-state index is 0.103. The summed E-state index contributed by atoms with van der Waals surface area (Å²) in [4.78, 5) is 25.4. The molecule has 1 atom stereocenters. The second-order valence-corrected chi connectivity index (χ2v) is 9.27. The van der Waals surface area contributed by atoms with Crippen molar-refractivity contribution in [2.24, 2.45) is 0 Å². The van der Waals surface area contributed by atoms with E-state index in [0.717, 1.165) is 12.1 Å². The largest absolute Gasteiger partial charge is 0.507 e.